The van der Waals surface area contributed by atoms with E-state index in [0.29, 0.717) is 16.8 Å². The molecule has 0 aliphatic heterocycles. The molecule has 0 atom stereocenters. The molecular weight excluding hydrogens is 400 g/mol. The molecule has 7 nitrogen and oxygen atoms in total. The Labute approximate surface area is 151 Å². The summed E-state index contributed by atoms with van der Waals surface area (Å²) in [5, 5.41) is 17.9. The van der Waals surface area contributed by atoms with Gasteiger partial charge in [-0.3, -0.25) is 0 Å². The van der Waals surface area contributed by atoms with Gasteiger partial charge in [-0.2, -0.15) is 14.0 Å². The van der Waals surface area contributed by atoms with Crippen molar-refractivity contribution in [1.29, 1.82) is 0 Å². The number of hydrogen-bond donors (Lipinski definition) is 2. The highest BCUT2D eigenvalue weighted by atomic mass is 79.9. The first kappa shape index (κ1) is 18.0. The third-order valence-electron chi connectivity index (χ3n) is 4.36. The first-order valence-corrected chi connectivity index (χ1v) is 8.63. The summed E-state index contributed by atoms with van der Waals surface area (Å²) in [6, 6.07) is 3.40. The van der Waals surface area contributed by atoms with E-state index in [-0.39, 0.29) is 17.0 Å². The van der Waals surface area contributed by atoms with E-state index in [1.165, 1.54) is 7.11 Å². The van der Waals surface area contributed by atoms with Crippen LogP contribution in [0, 0.1) is 0 Å². The number of methoxy groups -OCH3 is 1. The lowest BCUT2D eigenvalue weighted by Crippen LogP contribution is -2.40. The standard InChI is InChI=1S/C15H18BrF2N5O2/c1-24-11-7-9(6-10(16)12(11)25-14(17)18)8-19-15(4-2-3-5-15)13-20-22-23-21-13/h6-7,14,19H,2-5,8H2,1H3,(H,20,21,22,23). The number of alkyl halides is 2. The Balaban J connectivity index is 1.80. The van der Waals surface area contributed by atoms with Crippen molar-refractivity contribution in [2.24, 2.45) is 0 Å². The van der Waals surface area contributed by atoms with Crippen molar-refractivity contribution in [1.82, 2.24) is 25.9 Å². The van der Waals surface area contributed by atoms with Gasteiger partial charge in [-0.05, 0) is 46.5 Å². The molecule has 1 aromatic heterocycles. The number of nitrogens with one attached hydrogen (secondary N) is 2. The second kappa shape index (κ2) is 7.61. The molecule has 25 heavy (non-hydrogen) atoms. The Hall–Kier alpha value is -1.81. The SMILES string of the molecule is COc1cc(CNC2(c3nn[nH]n3)CCCC2)cc(Br)c1OC(F)F. The summed E-state index contributed by atoms with van der Waals surface area (Å²) >= 11 is 3.27. The van der Waals surface area contributed by atoms with Crippen LogP contribution >= 0.6 is 15.9 Å². The van der Waals surface area contributed by atoms with Gasteiger partial charge in [0.05, 0.1) is 17.1 Å². The number of ether oxygens (including phenoxy) is 2. The molecule has 1 saturated carbocycles. The number of aromatic nitrogens is 4. The van der Waals surface area contributed by atoms with Crippen LogP contribution in [0.25, 0.3) is 0 Å². The lowest BCUT2D eigenvalue weighted by molar-refractivity contribution is -0.0517. The highest BCUT2D eigenvalue weighted by Crippen LogP contribution is 2.39. The average molecular weight is 418 g/mol. The number of halogens is 3. The monoisotopic (exact) mass is 417 g/mol. The van der Waals surface area contributed by atoms with Gasteiger partial charge in [-0.1, -0.05) is 18.1 Å². The van der Waals surface area contributed by atoms with Gasteiger partial charge < -0.3 is 14.8 Å². The predicted octanol–water partition coefficient (Wildman–Crippen LogP) is 3.13. The molecule has 2 aromatic rings. The lowest BCUT2D eigenvalue weighted by Gasteiger charge is -2.27. The summed E-state index contributed by atoms with van der Waals surface area (Å²) in [5.41, 5.74) is 0.533. The third-order valence-corrected chi connectivity index (χ3v) is 4.95. The van der Waals surface area contributed by atoms with Gasteiger partial charge in [0.1, 0.15) is 0 Å². The maximum absolute atomic E-state index is 12.5. The summed E-state index contributed by atoms with van der Waals surface area (Å²) < 4.78 is 35.2. The average Bonchev–Trinajstić information content (AvgIpc) is 3.26. The summed E-state index contributed by atoms with van der Waals surface area (Å²) in [6.07, 6.45) is 3.99. The molecule has 10 heteroatoms. The molecule has 1 aliphatic rings. The topological polar surface area (TPSA) is 85.0 Å². The van der Waals surface area contributed by atoms with Crippen LogP contribution in [0.15, 0.2) is 16.6 Å². The zero-order valence-electron chi connectivity index (χ0n) is 13.6. The molecule has 0 radical (unpaired) electrons. The first-order chi connectivity index (χ1) is 12.0. The minimum atomic E-state index is -2.92. The molecule has 136 valence electrons. The van der Waals surface area contributed by atoms with Crippen LogP contribution in [0.1, 0.15) is 37.1 Å². The summed E-state index contributed by atoms with van der Waals surface area (Å²) in [6.45, 7) is -2.42. The molecule has 1 heterocycles. The lowest BCUT2D eigenvalue weighted by atomic mass is 9.96. The van der Waals surface area contributed by atoms with Crippen LogP contribution in [0.4, 0.5) is 8.78 Å². The fourth-order valence-corrected chi connectivity index (χ4v) is 3.76. The smallest absolute Gasteiger partial charge is 0.387 e. The highest BCUT2D eigenvalue weighted by Gasteiger charge is 2.39. The van der Waals surface area contributed by atoms with Gasteiger partial charge >= 0.3 is 6.61 Å². The second-order valence-electron chi connectivity index (χ2n) is 5.87. The van der Waals surface area contributed by atoms with Gasteiger partial charge in [-0.15, -0.1) is 10.2 Å². The molecule has 0 spiro atoms. The van der Waals surface area contributed by atoms with Crippen molar-refractivity contribution in [2.75, 3.05) is 7.11 Å². The van der Waals surface area contributed by atoms with Crippen LogP contribution in [0.5, 0.6) is 11.5 Å². The van der Waals surface area contributed by atoms with Crippen molar-refractivity contribution >= 4 is 15.9 Å². The number of tetrazole rings is 1. The Kier molecular flexibility index (Phi) is 5.48. The maximum Gasteiger partial charge on any atom is 0.387 e. The van der Waals surface area contributed by atoms with Crippen LogP contribution in [0.2, 0.25) is 0 Å². The van der Waals surface area contributed by atoms with Gasteiger partial charge in [-0.25, -0.2) is 0 Å². The van der Waals surface area contributed by atoms with Crippen LogP contribution < -0.4 is 14.8 Å². The van der Waals surface area contributed by atoms with E-state index in [1.54, 1.807) is 12.1 Å². The van der Waals surface area contributed by atoms with E-state index in [2.05, 4.69) is 46.6 Å². The zero-order valence-corrected chi connectivity index (χ0v) is 15.1. The quantitative estimate of drug-likeness (QED) is 0.719. The van der Waals surface area contributed by atoms with E-state index in [4.69, 9.17) is 4.74 Å². The number of benzene rings is 1. The third kappa shape index (κ3) is 3.90. The van der Waals surface area contributed by atoms with Crippen LogP contribution in [0.3, 0.4) is 0 Å². The summed E-state index contributed by atoms with van der Waals surface area (Å²) in [5.74, 6) is 0.871. The molecule has 3 rings (SSSR count). The Bertz CT molecular complexity index is 708. The molecule has 1 aliphatic carbocycles. The van der Waals surface area contributed by atoms with Crippen LogP contribution in [-0.4, -0.2) is 34.3 Å². The largest absolute Gasteiger partial charge is 0.493 e. The number of aromatic amines is 1. The normalized spacial score (nSPS) is 16.4. The Morgan fingerprint density at radius 3 is 2.72 bits per heavy atom. The van der Waals surface area contributed by atoms with Crippen molar-refractivity contribution < 1.29 is 18.3 Å². The van der Waals surface area contributed by atoms with Crippen molar-refractivity contribution in [3.63, 3.8) is 0 Å². The molecule has 0 bridgehead atoms. The molecule has 0 amide bonds. The van der Waals surface area contributed by atoms with E-state index in [9.17, 15) is 8.78 Å². The fraction of sp³-hybridized carbons (Fsp3) is 0.533. The summed E-state index contributed by atoms with van der Waals surface area (Å²) in [7, 11) is 1.41. The van der Waals surface area contributed by atoms with Gasteiger partial charge in [0, 0.05) is 6.54 Å². The van der Waals surface area contributed by atoms with E-state index >= 15 is 0 Å². The molecule has 1 aromatic carbocycles. The Morgan fingerprint density at radius 1 is 1.36 bits per heavy atom. The van der Waals surface area contributed by atoms with Crippen molar-refractivity contribution in [2.45, 2.75) is 44.4 Å². The highest BCUT2D eigenvalue weighted by molar-refractivity contribution is 9.10. The predicted molar refractivity (Wildman–Crippen MR) is 88.5 cm³/mol. The summed E-state index contributed by atoms with van der Waals surface area (Å²) in [4.78, 5) is 0. The van der Waals surface area contributed by atoms with Gasteiger partial charge in [0.15, 0.2) is 17.3 Å². The number of rotatable bonds is 7. The fourth-order valence-electron chi connectivity index (χ4n) is 3.17. The molecule has 2 N–H and O–H groups in total. The zero-order chi connectivity index (χ0) is 17.9. The molecule has 0 saturated heterocycles. The maximum atomic E-state index is 12.5. The van der Waals surface area contributed by atoms with Crippen LogP contribution in [-0.2, 0) is 12.1 Å². The van der Waals surface area contributed by atoms with E-state index in [0.717, 1.165) is 31.2 Å². The van der Waals surface area contributed by atoms with E-state index < -0.39 is 6.61 Å². The number of nitrogens with zero attached hydrogens (tertiary/aromatic N) is 3. The van der Waals surface area contributed by atoms with Gasteiger partial charge in [0.2, 0.25) is 0 Å². The Morgan fingerprint density at radius 2 is 2.12 bits per heavy atom. The molecular formula is C15H18BrF2N5O2. The first-order valence-electron chi connectivity index (χ1n) is 7.84. The number of hydrogen-bond acceptors (Lipinski definition) is 6. The minimum Gasteiger partial charge on any atom is -0.493 e. The number of H-pyrrole nitrogens is 1. The van der Waals surface area contributed by atoms with Crippen molar-refractivity contribution in [3.05, 3.63) is 28.0 Å². The van der Waals surface area contributed by atoms with Crippen molar-refractivity contribution in [3.8, 4) is 11.5 Å². The minimum absolute atomic E-state index is 0.0185. The second-order valence-corrected chi connectivity index (χ2v) is 6.72. The van der Waals surface area contributed by atoms with Gasteiger partial charge in [0.25, 0.3) is 0 Å². The molecule has 1 fully saturated rings. The molecule has 0 unspecified atom stereocenters. The van der Waals surface area contributed by atoms with E-state index in [1.807, 2.05) is 0 Å².